The highest BCUT2D eigenvalue weighted by Gasteiger charge is 2.18. The molecule has 0 radical (unpaired) electrons. The Morgan fingerprint density at radius 1 is 1.09 bits per heavy atom. The minimum atomic E-state index is 0.748. The van der Waals surface area contributed by atoms with Crippen molar-refractivity contribution in [2.45, 2.75) is 13.3 Å². The van der Waals surface area contributed by atoms with Gasteiger partial charge in [-0.1, -0.05) is 6.92 Å². The van der Waals surface area contributed by atoms with Crippen molar-refractivity contribution in [1.82, 2.24) is 9.80 Å². The van der Waals surface area contributed by atoms with Crippen LogP contribution in [0, 0.1) is 0 Å². The van der Waals surface area contributed by atoms with E-state index in [1.165, 1.54) is 13.0 Å². The van der Waals surface area contributed by atoms with Crippen LogP contribution in [0.5, 0.6) is 11.5 Å². The maximum Gasteiger partial charge on any atom is 0.173 e. The lowest BCUT2D eigenvalue weighted by Crippen LogP contribution is -2.49. The molecule has 1 aliphatic rings. The smallest absolute Gasteiger partial charge is 0.173 e. The lowest BCUT2D eigenvalue weighted by atomic mass is 10.2. The second-order valence-corrected chi connectivity index (χ2v) is 5.75. The number of anilines is 1. The van der Waals surface area contributed by atoms with Crippen molar-refractivity contribution in [1.29, 1.82) is 0 Å². The van der Waals surface area contributed by atoms with E-state index in [1.54, 1.807) is 14.2 Å². The fraction of sp³-hybridized carbons (Fsp3) is 0.562. The SMILES string of the molecule is CCCN1CCN(C(=S)Nc2cc(OC)cc(OC)c2)CC1. The van der Waals surface area contributed by atoms with Gasteiger partial charge in [0.2, 0.25) is 0 Å². The van der Waals surface area contributed by atoms with Crippen molar-refractivity contribution in [3.63, 3.8) is 0 Å². The van der Waals surface area contributed by atoms with Gasteiger partial charge < -0.3 is 19.7 Å². The van der Waals surface area contributed by atoms with Gasteiger partial charge in [-0.3, -0.25) is 4.90 Å². The molecular weight excluding hydrogens is 298 g/mol. The van der Waals surface area contributed by atoms with Crippen LogP contribution in [-0.4, -0.2) is 61.9 Å². The van der Waals surface area contributed by atoms with Gasteiger partial charge in [-0.2, -0.15) is 0 Å². The monoisotopic (exact) mass is 323 g/mol. The van der Waals surface area contributed by atoms with E-state index < -0.39 is 0 Å². The summed E-state index contributed by atoms with van der Waals surface area (Å²) < 4.78 is 10.6. The Morgan fingerprint density at radius 2 is 1.68 bits per heavy atom. The van der Waals surface area contributed by atoms with Crippen LogP contribution >= 0.6 is 12.2 Å². The molecule has 0 spiro atoms. The molecule has 0 amide bonds. The zero-order valence-corrected chi connectivity index (χ0v) is 14.4. The van der Waals surface area contributed by atoms with Crippen molar-refractivity contribution in [3.05, 3.63) is 18.2 Å². The Kier molecular flexibility index (Phi) is 6.27. The summed E-state index contributed by atoms with van der Waals surface area (Å²) in [7, 11) is 3.29. The molecule has 0 saturated carbocycles. The van der Waals surface area contributed by atoms with E-state index in [0.717, 1.165) is 48.5 Å². The molecule has 0 aliphatic carbocycles. The number of benzene rings is 1. The van der Waals surface area contributed by atoms with Crippen LogP contribution in [-0.2, 0) is 0 Å². The van der Waals surface area contributed by atoms with E-state index in [9.17, 15) is 0 Å². The third-order valence-corrected chi connectivity index (χ3v) is 4.16. The predicted molar refractivity (Wildman–Crippen MR) is 94.1 cm³/mol. The Morgan fingerprint density at radius 3 is 2.18 bits per heavy atom. The fourth-order valence-electron chi connectivity index (χ4n) is 2.57. The summed E-state index contributed by atoms with van der Waals surface area (Å²) in [6.45, 7) is 7.45. The van der Waals surface area contributed by atoms with Crippen LogP contribution in [0.15, 0.2) is 18.2 Å². The lowest BCUT2D eigenvalue weighted by molar-refractivity contribution is 0.184. The summed E-state index contributed by atoms with van der Waals surface area (Å²) in [5.41, 5.74) is 0.886. The number of ether oxygens (including phenoxy) is 2. The van der Waals surface area contributed by atoms with E-state index in [-0.39, 0.29) is 0 Å². The number of thiocarbonyl (C=S) groups is 1. The molecule has 0 unspecified atom stereocenters. The lowest BCUT2D eigenvalue weighted by Gasteiger charge is -2.36. The van der Waals surface area contributed by atoms with Crippen LogP contribution in [0.2, 0.25) is 0 Å². The molecule has 5 nitrogen and oxygen atoms in total. The summed E-state index contributed by atoms with van der Waals surface area (Å²) in [4.78, 5) is 4.70. The Balaban J connectivity index is 1.95. The minimum absolute atomic E-state index is 0.748. The van der Waals surface area contributed by atoms with E-state index in [4.69, 9.17) is 21.7 Å². The molecule has 1 aromatic rings. The van der Waals surface area contributed by atoms with Crippen LogP contribution in [0.1, 0.15) is 13.3 Å². The van der Waals surface area contributed by atoms with Gasteiger partial charge in [-0.25, -0.2) is 0 Å². The number of rotatable bonds is 5. The minimum Gasteiger partial charge on any atom is -0.497 e. The zero-order valence-electron chi connectivity index (χ0n) is 13.6. The van der Waals surface area contributed by atoms with Crippen LogP contribution in [0.3, 0.4) is 0 Å². The normalized spacial score (nSPS) is 15.5. The molecule has 122 valence electrons. The third kappa shape index (κ3) is 4.48. The number of nitrogens with one attached hydrogen (secondary N) is 1. The van der Waals surface area contributed by atoms with Crippen LogP contribution in [0.25, 0.3) is 0 Å². The number of methoxy groups -OCH3 is 2. The first kappa shape index (κ1) is 16.8. The van der Waals surface area contributed by atoms with Gasteiger partial charge >= 0.3 is 0 Å². The van der Waals surface area contributed by atoms with Crippen molar-refractivity contribution < 1.29 is 9.47 Å². The Bertz CT molecular complexity index is 480. The standard InChI is InChI=1S/C16H25N3O2S/c1-4-5-18-6-8-19(9-7-18)16(22)17-13-10-14(20-2)12-15(11-13)21-3/h10-12H,4-9H2,1-3H3,(H,17,22). The summed E-state index contributed by atoms with van der Waals surface area (Å²) in [6, 6.07) is 5.68. The largest absolute Gasteiger partial charge is 0.497 e. The predicted octanol–water partition coefficient (Wildman–Crippen LogP) is 2.43. The highest BCUT2D eigenvalue weighted by molar-refractivity contribution is 7.80. The van der Waals surface area contributed by atoms with Crippen molar-refractivity contribution in [3.8, 4) is 11.5 Å². The van der Waals surface area contributed by atoms with Gasteiger partial charge in [0.1, 0.15) is 11.5 Å². The topological polar surface area (TPSA) is 37.0 Å². The number of piperazine rings is 1. The molecule has 0 bridgehead atoms. The molecule has 1 saturated heterocycles. The van der Waals surface area contributed by atoms with E-state index in [2.05, 4.69) is 22.0 Å². The first-order chi connectivity index (χ1) is 10.7. The second-order valence-electron chi connectivity index (χ2n) is 5.36. The van der Waals surface area contributed by atoms with E-state index in [1.807, 2.05) is 18.2 Å². The summed E-state index contributed by atoms with van der Waals surface area (Å²) in [6.07, 6.45) is 1.20. The quantitative estimate of drug-likeness (QED) is 0.839. The van der Waals surface area contributed by atoms with Gasteiger partial charge in [0, 0.05) is 50.1 Å². The van der Waals surface area contributed by atoms with Crippen molar-refractivity contribution in [2.75, 3.05) is 52.3 Å². The molecular formula is C16H25N3O2S. The molecule has 1 heterocycles. The average Bonchev–Trinajstić information content (AvgIpc) is 2.55. The molecule has 0 aromatic heterocycles. The van der Waals surface area contributed by atoms with Gasteiger partial charge in [0.15, 0.2) is 5.11 Å². The number of hydrogen-bond acceptors (Lipinski definition) is 4. The number of hydrogen-bond donors (Lipinski definition) is 1. The molecule has 1 N–H and O–H groups in total. The molecule has 0 atom stereocenters. The first-order valence-electron chi connectivity index (χ1n) is 7.67. The second kappa shape index (κ2) is 8.19. The van der Waals surface area contributed by atoms with Gasteiger partial charge in [-0.05, 0) is 25.2 Å². The fourth-order valence-corrected chi connectivity index (χ4v) is 2.87. The molecule has 1 fully saturated rings. The Labute approximate surface area is 138 Å². The summed E-state index contributed by atoms with van der Waals surface area (Å²) in [5.74, 6) is 1.50. The first-order valence-corrected chi connectivity index (χ1v) is 8.08. The molecule has 1 aromatic carbocycles. The van der Waals surface area contributed by atoms with Gasteiger partial charge in [-0.15, -0.1) is 0 Å². The average molecular weight is 323 g/mol. The number of nitrogens with zero attached hydrogens (tertiary/aromatic N) is 2. The Hall–Kier alpha value is -1.53. The highest BCUT2D eigenvalue weighted by atomic mass is 32.1. The van der Waals surface area contributed by atoms with Crippen molar-refractivity contribution in [2.24, 2.45) is 0 Å². The molecule has 2 rings (SSSR count). The van der Waals surface area contributed by atoms with E-state index in [0.29, 0.717) is 0 Å². The maximum absolute atomic E-state index is 5.53. The summed E-state index contributed by atoms with van der Waals surface area (Å²) in [5, 5.41) is 4.04. The molecule has 6 heteroatoms. The maximum atomic E-state index is 5.53. The highest BCUT2D eigenvalue weighted by Crippen LogP contribution is 2.26. The van der Waals surface area contributed by atoms with Crippen molar-refractivity contribution >= 4 is 23.0 Å². The van der Waals surface area contributed by atoms with Crippen LogP contribution < -0.4 is 14.8 Å². The van der Waals surface area contributed by atoms with Gasteiger partial charge in [0.25, 0.3) is 0 Å². The molecule has 22 heavy (non-hydrogen) atoms. The zero-order chi connectivity index (χ0) is 15.9. The summed E-state index contributed by atoms with van der Waals surface area (Å²) >= 11 is 5.53. The van der Waals surface area contributed by atoms with E-state index >= 15 is 0 Å². The van der Waals surface area contributed by atoms with Gasteiger partial charge in [0.05, 0.1) is 14.2 Å². The molecule has 1 aliphatic heterocycles. The van der Waals surface area contributed by atoms with Crippen LogP contribution in [0.4, 0.5) is 5.69 Å². The third-order valence-electron chi connectivity index (χ3n) is 3.80.